The quantitative estimate of drug-likeness (QED) is 0.164. The van der Waals surface area contributed by atoms with Gasteiger partial charge in [-0.15, -0.1) is 11.8 Å². The van der Waals surface area contributed by atoms with E-state index < -0.39 is 47.4 Å². The van der Waals surface area contributed by atoms with Gasteiger partial charge in [-0.05, 0) is 0 Å². The third-order valence-electron chi connectivity index (χ3n) is 3.61. The number of rotatable bonds is 6. The van der Waals surface area contributed by atoms with Crippen LogP contribution in [0.15, 0.2) is 5.16 Å². The van der Waals surface area contributed by atoms with Crippen LogP contribution < -0.4 is 5.32 Å². The van der Waals surface area contributed by atoms with Crippen molar-refractivity contribution in [2.75, 3.05) is 18.2 Å². The third kappa shape index (κ3) is 3.36. The molecule has 4 unspecified atom stereocenters. The lowest BCUT2D eigenvalue weighted by molar-refractivity contribution is -0.167. The van der Waals surface area contributed by atoms with Crippen LogP contribution in [0.3, 0.4) is 0 Å². The summed E-state index contributed by atoms with van der Waals surface area (Å²) in [6.07, 6.45) is -2.41. The lowest BCUT2D eigenvalue weighted by Gasteiger charge is -2.53. The van der Waals surface area contributed by atoms with Crippen molar-refractivity contribution in [2.45, 2.75) is 29.7 Å². The Morgan fingerprint density at radius 3 is 2.79 bits per heavy atom. The van der Waals surface area contributed by atoms with Gasteiger partial charge in [0.1, 0.15) is 24.6 Å². The molecule has 2 heterocycles. The van der Waals surface area contributed by atoms with Crippen molar-refractivity contribution >= 4 is 51.2 Å². The first-order valence-electron chi connectivity index (χ1n) is 6.84. The Kier molecular flexibility index (Phi) is 6.06. The third-order valence-corrected chi connectivity index (χ3v) is 5.59. The number of amides is 2. The summed E-state index contributed by atoms with van der Waals surface area (Å²) in [7, 11) is 1.21. The molecule has 0 radical (unpaired) electrons. The van der Waals surface area contributed by atoms with Gasteiger partial charge >= 0.3 is 5.97 Å². The molecule has 0 aliphatic carbocycles. The van der Waals surface area contributed by atoms with Crippen molar-refractivity contribution in [3.8, 4) is 0 Å². The highest BCUT2D eigenvalue weighted by atomic mass is 79.9. The molecule has 2 aliphatic heterocycles. The molecule has 0 saturated carbocycles. The summed E-state index contributed by atoms with van der Waals surface area (Å²) >= 11 is 4.18. The molecular weight excluding hydrogens is 410 g/mol. The van der Waals surface area contributed by atoms with E-state index in [0.29, 0.717) is 0 Å². The van der Waals surface area contributed by atoms with Crippen LogP contribution in [-0.4, -0.2) is 91.6 Å². The summed E-state index contributed by atoms with van der Waals surface area (Å²) in [5.74, 6) is -2.58. The summed E-state index contributed by atoms with van der Waals surface area (Å²) in [4.78, 5) is 41.2. The molecule has 24 heavy (non-hydrogen) atoms. The van der Waals surface area contributed by atoms with Crippen molar-refractivity contribution in [1.29, 1.82) is 0 Å². The number of nitrogens with zero attached hydrogens (tertiary/aromatic N) is 2. The summed E-state index contributed by atoms with van der Waals surface area (Å²) < 4.78 is 0. The van der Waals surface area contributed by atoms with E-state index in [1.54, 1.807) is 0 Å². The molecular formula is C12H16BrN3O7S. The van der Waals surface area contributed by atoms with Gasteiger partial charge in [0.25, 0.3) is 5.91 Å². The summed E-state index contributed by atoms with van der Waals surface area (Å²) in [6, 6.07) is -2.29. The Morgan fingerprint density at radius 1 is 1.58 bits per heavy atom. The standard InChI is InChI=1S/C12H16BrN3O7S/c1-23-15-6(4(17)2-13)9(19)14-7-10(20)16-8(12(21)22)5(18)3-24-11(7)16/h4-5,7-8,11,17-18H,2-3H2,1H3,(H,14,19)(H,21,22)/t4?,5?,7?,8?,11-/m0/s1. The zero-order valence-corrected chi connectivity index (χ0v) is 14.9. The minimum atomic E-state index is -1.34. The first-order chi connectivity index (χ1) is 11.3. The molecule has 134 valence electrons. The number of carbonyl (C=O) groups excluding carboxylic acids is 2. The van der Waals surface area contributed by atoms with Crippen LogP contribution in [0.2, 0.25) is 0 Å². The molecule has 2 rings (SSSR count). The number of thioether (sulfide) groups is 1. The fourth-order valence-corrected chi connectivity index (χ4v) is 4.14. The average Bonchev–Trinajstić information content (AvgIpc) is 2.55. The zero-order valence-electron chi connectivity index (χ0n) is 12.5. The zero-order chi connectivity index (χ0) is 18.0. The number of alkyl halides is 1. The van der Waals surface area contributed by atoms with Crippen LogP contribution >= 0.6 is 27.7 Å². The number of aliphatic hydroxyl groups is 2. The molecule has 2 aliphatic rings. The number of oxime groups is 1. The second-order valence-electron chi connectivity index (χ2n) is 5.10. The number of β-lactam (4-membered cyclic amide) rings is 1. The van der Waals surface area contributed by atoms with Gasteiger partial charge in [-0.25, -0.2) is 4.79 Å². The number of carboxylic acids is 1. The van der Waals surface area contributed by atoms with E-state index >= 15 is 0 Å². The molecule has 0 aromatic carbocycles. The lowest BCUT2D eigenvalue weighted by Crippen LogP contribution is -2.77. The molecule has 0 spiro atoms. The van der Waals surface area contributed by atoms with Crippen molar-refractivity contribution in [3.63, 3.8) is 0 Å². The van der Waals surface area contributed by atoms with E-state index in [1.165, 1.54) is 18.9 Å². The SMILES string of the molecule is CON=C(C(=O)NC1C(=O)N2C(C(=O)O)C(O)CS[C@@H]12)C(O)CBr. The number of aliphatic carboxylic acids is 1. The van der Waals surface area contributed by atoms with E-state index in [1.807, 2.05) is 0 Å². The fraction of sp³-hybridized carbons (Fsp3) is 0.667. The van der Waals surface area contributed by atoms with E-state index in [4.69, 9.17) is 5.11 Å². The molecule has 12 heteroatoms. The van der Waals surface area contributed by atoms with Crippen LogP contribution in [0.25, 0.3) is 0 Å². The Bertz CT molecular complexity index is 575. The maximum absolute atomic E-state index is 12.2. The van der Waals surface area contributed by atoms with Gasteiger partial charge in [-0.3, -0.25) is 9.59 Å². The second kappa shape index (κ2) is 7.68. The van der Waals surface area contributed by atoms with Crippen LogP contribution in [0, 0.1) is 0 Å². The van der Waals surface area contributed by atoms with Gasteiger partial charge in [0.2, 0.25) is 5.91 Å². The topological polar surface area (TPSA) is 149 Å². The molecule has 0 aromatic rings. The van der Waals surface area contributed by atoms with Crippen LogP contribution in [0.5, 0.6) is 0 Å². The van der Waals surface area contributed by atoms with Crippen molar-refractivity contribution in [3.05, 3.63) is 0 Å². The highest BCUT2D eigenvalue weighted by Crippen LogP contribution is 2.38. The Labute approximate surface area is 149 Å². The van der Waals surface area contributed by atoms with Gasteiger partial charge in [-0.1, -0.05) is 21.1 Å². The predicted octanol–water partition coefficient (Wildman–Crippen LogP) is -2.04. The van der Waals surface area contributed by atoms with Crippen molar-refractivity contribution in [1.82, 2.24) is 10.2 Å². The maximum Gasteiger partial charge on any atom is 0.329 e. The Balaban J connectivity index is 2.10. The van der Waals surface area contributed by atoms with E-state index in [0.717, 1.165) is 4.90 Å². The van der Waals surface area contributed by atoms with E-state index in [9.17, 15) is 24.6 Å². The average molecular weight is 426 g/mol. The van der Waals surface area contributed by atoms with Crippen molar-refractivity contribution < 1.29 is 34.5 Å². The monoisotopic (exact) mass is 425 g/mol. The highest BCUT2D eigenvalue weighted by Gasteiger charge is 2.58. The summed E-state index contributed by atoms with van der Waals surface area (Å²) in [5, 5.41) is 34.0. The number of hydrogen-bond donors (Lipinski definition) is 4. The molecule has 10 nitrogen and oxygen atoms in total. The Morgan fingerprint density at radius 2 is 2.25 bits per heavy atom. The summed E-state index contributed by atoms with van der Waals surface area (Å²) in [5.41, 5.74) is -0.309. The normalized spacial score (nSPS) is 30.9. The highest BCUT2D eigenvalue weighted by molar-refractivity contribution is 9.09. The molecule has 0 aromatic heterocycles. The first kappa shape index (κ1) is 19.0. The number of halogens is 1. The van der Waals surface area contributed by atoms with Crippen molar-refractivity contribution in [2.24, 2.45) is 5.16 Å². The molecule has 2 fully saturated rings. The van der Waals surface area contributed by atoms with Crippen LogP contribution in [0.1, 0.15) is 0 Å². The summed E-state index contributed by atoms with van der Waals surface area (Å²) in [6.45, 7) is 0. The number of carboxylic acid groups (broad SMARTS) is 1. The van der Waals surface area contributed by atoms with Gasteiger partial charge < -0.3 is 30.4 Å². The predicted molar refractivity (Wildman–Crippen MR) is 86.7 cm³/mol. The smallest absolute Gasteiger partial charge is 0.329 e. The molecule has 2 saturated heterocycles. The minimum Gasteiger partial charge on any atom is -0.480 e. The number of fused-ring (bicyclic) bond motifs is 1. The molecule has 2 amide bonds. The van der Waals surface area contributed by atoms with E-state index in [2.05, 4.69) is 31.2 Å². The van der Waals surface area contributed by atoms with Crippen LogP contribution in [-0.2, 0) is 19.2 Å². The molecule has 5 atom stereocenters. The number of aliphatic hydroxyl groups excluding tert-OH is 2. The van der Waals surface area contributed by atoms with Gasteiger partial charge in [-0.2, -0.15) is 0 Å². The Hall–Kier alpha value is -1.37. The molecule has 0 bridgehead atoms. The molecule has 4 N–H and O–H groups in total. The minimum absolute atomic E-state index is 0.0405. The van der Waals surface area contributed by atoms with Gasteiger partial charge in [0, 0.05) is 11.1 Å². The van der Waals surface area contributed by atoms with Gasteiger partial charge in [0.05, 0.1) is 6.10 Å². The fourth-order valence-electron chi connectivity index (χ4n) is 2.49. The van der Waals surface area contributed by atoms with E-state index in [-0.39, 0.29) is 16.8 Å². The number of hydrogen-bond acceptors (Lipinski definition) is 8. The largest absolute Gasteiger partial charge is 0.480 e. The number of carbonyl (C=O) groups is 3. The van der Waals surface area contributed by atoms with Gasteiger partial charge in [0.15, 0.2) is 11.8 Å². The first-order valence-corrected chi connectivity index (χ1v) is 9.01. The number of nitrogens with one attached hydrogen (secondary N) is 1. The second-order valence-corrected chi connectivity index (χ2v) is 6.90. The maximum atomic E-state index is 12.2. The lowest BCUT2D eigenvalue weighted by atomic mass is 9.99. The van der Waals surface area contributed by atoms with Crippen LogP contribution in [0.4, 0.5) is 0 Å².